The summed E-state index contributed by atoms with van der Waals surface area (Å²) in [4.78, 5) is 20.8. The molecular weight excluding hydrogens is 439 g/mol. The lowest BCUT2D eigenvalue weighted by atomic mass is 9.91. The standard InChI is InChI=1S/C24H25FN6O3/c25-16-11-15(22(27)32)23(31-24(16)30-18-4-2-1-3-17(18)26)29-14-7-8-28-19(10-14)13-5-6-20-21(9-13)34-12-33-20/h5-11,17-18H,1-4,12,26H2,(H2,27,32)(H2,28,29,30,31)/t17-,18?/m0/s1. The van der Waals surface area contributed by atoms with E-state index < -0.39 is 11.7 Å². The van der Waals surface area contributed by atoms with Crippen molar-refractivity contribution in [3.8, 4) is 22.8 Å². The number of carbonyl (C=O) groups excluding carboxylic acids is 1. The number of hydrogen-bond donors (Lipinski definition) is 4. The molecule has 3 heterocycles. The number of aromatic nitrogens is 2. The quantitative estimate of drug-likeness (QED) is 0.435. The molecule has 1 unspecified atom stereocenters. The van der Waals surface area contributed by atoms with Gasteiger partial charge in [0.25, 0.3) is 5.91 Å². The van der Waals surface area contributed by atoms with E-state index in [1.54, 1.807) is 18.3 Å². The van der Waals surface area contributed by atoms with Crippen molar-refractivity contribution >= 4 is 23.2 Å². The predicted octanol–water partition coefficient (Wildman–Crippen LogP) is 3.54. The van der Waals surface area contributed by atoms with Crippen molar-refractivity contribution in [1.82, 2.24) is 9.97 Å². The zero-order valence-electron chi connectivity index (χ0n) is 18.4. The molecule has 3 aromatic rings. The van der Waals surface area contributed by atoms with Crippen molar-refractivity contribution in [3.63, 3.8) is 0 Å². The highest BCUT2D eigenvalue weighted by Crippen LogP contribution is 2.36. The molecule has 9 nitrogen and oxygen atoms in total. The van der Waals surface area contributed by atoms with Crippen molar-refractivity contribution in [1.29, 1.82) is 0 Å². The van der Waals surface area contributed by atoms with Crippen molar-refractivity contribution in [2.45, 2.75) is 37.8 Å². The van der Waals surface area contributed by atoms with Crippen molar-refractivity contribution in [2.75, 3.05) is 17.4 Å². The average Bonchev–Trinajstić information content (AvgIpc) is 3.30. The fraction of sp³-hybridized carbons (Fsp3) is 0.292. The molecule has 0 saturated heterocycles. The van der Waals surface area contributed by atoms with E-state index in [1.807, 2.05) is 18.2 Å². The molecule has 5 rings (SSSR count). The van der Waals surface area contributed by atoms with Gasteiger partial charge < -0.3 is 31.6 Å². The van der Waals surface area contributed by atoms with E-state index in [1.165, 1.54) is 0 Å². The number of anilines is 3. The van der Waals surface area contributed by atoms with Crippen LogP contribution in [0.25, 0.3) is 11.3 Å². The number of halogens is 1. The molecule has 0 spiro atoms. The van der Waals surface area contributed by atoms with Crippen LogP contribution in [0, 0.1) is 5.82 Å². The fourth-order valence-corrected chi connectivity index (χ4v) is 4.25. The van der Waals surface area contributed by atoms with Gasteiger partial charge in [-0.1, -0.05) is 12.8 Å². The summed E-state index contributed by atoms with van der Waals surface area (Å²) < 4.78 is 25.6. The second-order valence-electron chi connectivity index (χ2n) is 8.40. The van der Waals surface area contributed by atoms with E-state index >= 15 is 0 Å². The van der Waals surface area contributed by atoms with Crippen LogP contribution in [0.1, 0.15) is 36.0 Å². The molecule has 10 heteroatoms. The Kier molecular flexibility index (Phi) is 5.89. The first-order valence-electron chi connectivity index (χ1n) is 11.1. The molecule has 0 bridgehead atoms. The maximum atomic E-state index is 14.8. The summed E-state index contributed by atoms with van der Waals surface area (Å²) >= 11 is 0. The highest BCUT2D eigenvalue weighted by atomic mass is 19.1. The number of carbonyl (C=O) groups is 1. The lowest BCUT2D eigenvalue weighted by Gasteiger charge is -2.30. The Balaban J connectivity index is 1.44. The number of amides is 1. The highest BCUT2D eigenvalue weighted by molar-refractivity contribution is 5.98. The molecule has 1 saturated carbocycles. The minimum Gasteiger partial charge on any atom is -0.454 e. The smallest absolute Gasteiger partial charge is 0.252 e. The van der Waals surface area contributed by atoms with Crippen LogP contribution >= 0.6 is 0 Å². The minimum atomic E-state index is -0.792. The lowest BCUT2D eigenvalue weighted by Crippen LogP contribution is -2.43. The van der Waals surface area contributed by atoms with Crippen LogP contribution in [0.3, 0.4) is 0 Å². The number of benzene rings is 1. The number of ether oxygens (including phenoxy) is 2. The third kappa shape index (κ3) is 4.44. The minimum absolute atomic E-state index is 0.0277. The topological polar surface area (TPSA) is 137 Å². The number of nitrogens with two attached hydrogens (primary N) is 2. The SMILES string of the molecule is NC(=O)c1cc(F)c(NC2CCCC[C@@H]2N)nc1Nc1ccnc(-c2ccc3c(c2)OCO3)c1. The van der Waals surface area contributed by atoms with Gasteiger partial charge in [0, 0.05) is 29.5 Å². The maximum Gasteiger partial charge on any atom is 0.252 e. The first-order valence-corrected chi connectivity index (χ1v) is 11.1. The van der Waals surface area contributed by atoms with Gasteiger partial charge in [0.2, 0.25) is 6.79 Å². The summed E-state index contributed by atoms with van der Waals surface area (Å²) in [6, 6.07) is 9.95. The summed E-state index contributed by atoms with van der Waals surface area (Å²) in [6.45, 7) is 0.183. The molecule has 6 N–H and O–H groups in total. The lowest BCUT2D eigenvalue weighted by molar-refractivity contribution is 0.100. The molecule has 2 aromatic heterocycles. The molecule has 2 aliphatic rings. The van der Waals surface area contributed by atoms with Crippen LogP contribution in [-0.2, 0) is 0 Å². The number of fused-ring (bicyclic) bond motifs is 1. The Morgan fingerprint density at radius 3 is 2.71 bits per heavy atom. The van der Waals surface area contributed by atoms with E-state index in [0.717, 1.165) is 37.3 Å². The average molecular weight is 465 g/mol. The normalized spacial score (nSPS) is 19.0. The number of nitrogens with zero attached hydrogens (tertiary/aromatic N) is 2. The second kappa shape index (κ2) is 9.14. The first kappa shape index (κ1) is 21.9. The molecule has 0 radical (unpaired) electrons. The zero-order valence-corrected chi connectivity index (χ0v) is 18.4. The Bertz CT molecular complexity index is 1240. The Labute approximate surface area is 195 Å². The third-order valence-electron chi connectivity index (χ3n) is 6.07. The molecule has 176 valence electrons. The molecule has 1 aliphatic heterocycles. The summed E-state index contributed by atoms with van der Waals surface area (Å²) in [6.07, 6.45) is 5.37. The van der Waals surface area contributed by atoms with Crippen LogP contribution in [0.5, 0.6) is 11.5 Å². The van der Waals surface area contributed by atoms with Crippen LogP contribution in [-0.4, -0.2) is 34.8 Å². The van der Waals surface area contributed by atoms with E-state index in [0.29, 0.717) is 22.9 Å². The molecule has 1 amide bonds. The van der Waals surface area contributed by atoms with Gasteiger partial charge in [-0.25, -0.2) is 9.37 Å². The molecular formula is C24H25FN6O3. The van der Waals surface area contributed by atoms with Gasteiger partial charge in [-0.05, 0) is 49.2 Å². The molecule has 1 fully saturated rings. The number of hydrogen-bond acceptors (Lipinski definition) is 8. The Morgan fingerprint density at radius 1 is 1.06 bits per heavy atom. The van der Waals surface area contributed by atoms with E-state index in [4.69, 9.17) is 20.9 Å². The second-order valence-corrected chi connectivity index (χ2v) is 8.40. The van der Waals surface area contributed by atoms with Gasteiger partial charge in [0.05, 0.1) is 11.3 Å². The largest absolute Gasteiger partial charge is 0.454 e. The summed E-state index contributed by atoms with van der Waals surface area (Å²) in [5, 5.41) is 6.20. The van der Waals surface area contributed by atoms with Gasteiger partial charge in [-0.3, -0.25) is 9.78 Å². The van der Waals surface area contributed by atoms with Crippen molar-refractivity contribution in [3.05, 3.63) is 54.0 Å². The fourth-order valence-electron chi connectivity index (χ4n) is 4.25. The predicted molar refractivity (Wildman–Crippen MR) is 126 cm³/mol. The number of pyridine rings is 2. The summed E-state index contributed by atoms with van der Waals surface area (Å²) in [5.74, 6) is 0.0409. The molecule has 1 aromatic carbocycles. The van der Waals surface area contributed by atoms with Crippen LogP contribution in [0.4, 0.5) is 21.7 Å². The van der Waals surface area contributed by atoms with Gasteiger partial charge >= 0.3 is 0 Å². The monoisotopic (exact) mass is 464 g/mol. The maximum absolute atomic E-state index is 14.8. The first-order chi connectivity index (χ1) is 16.5. The summed E-state index contributed by atoms with van der Waals surface area (Å²) in [5.41, 5.74) is 13.7. The number of rotatable bonds is 6. The zero-order chi connectivity index (χ0) is 23.7. The van der Waals surface area contributed by atoms with Crippen LogP contribution < -0.4 is 31.6 Å². The van der Waals surface area contributed by atoms with Gasteiger partial charge in [-0.15, -0.1) is 0 Å². The van der Waals surface area contributed by atoms with Gasteiger partial charge in [0.15, 0.2) is 23.1 Å². The van der Waals surface area contributed by atoms with Gasteiger partial charge in [-0.2, -0.15) is 0 Å². The molecule has 34 heavy (non-hydrogen) atoms. The summed E-state index contributed by atoms with van der Waals surface area (Å²) in [7, 11) is 0. The Morgan fingerprint density at radius 2 is 1.88 bits per heavy atom. The highest BCUT2D eigenvalue weighted by Gasteiger charge is 2.24. The number of primary amides is 1. The number of nitrogens with one attached hydrogen (secondary N) is 2. The third-order valence-corrected chi connectivity index (χ3v) is 6.07. The van der Waals surface area contributed by atoms with E-state index in [9.17, 15) is 9.18 Å². The Hall–Kier alpha value is -3.92. The van der Waals surface area contributed by atoms with E-state index in [2.05, 4.69) is 20.6 Å². The van der Waals surface area contributed by atoms with Crippen molar-refractivity contribution < 1.29 is 18.7 Å². The molecule has 2 atom stereocenters. The van der Waals surface area contributed by atoms with Crippen molar-refractivity contribution in [2.24, 2.45) is 11.5 Å². The van der Waals surface area contributed by atoms with Crippen LogP contribution in [0.2, 0.25) is 0 Å². The molecule has 1 aliphatic carbocycles. The van der Waals surface area contributed by atoms with Crippen LogP contribution in [0.15, 0.2) is 42.6 Å². The van der Waals surface area contributed by atoms with Gasteiger partial charge in [0.1, 0.15) is 5.82 Å². The van der Waals surface area contributed by atoms with E-state index in [-0.39, 0.29) is 36.1 Å².